The first-order valence-corrected chi connectivity index (χ1v) is 5.37. The summed E-state index contributed by atoms with van der Waals surface area (Å²) in [5.41, 5.74) is 0. The Morgan fingerprint density at radius 3 is 2.55 bits per heavy atom. The summed E-state index contributed by atoms with van der Waals surface area (Å²) in [5, 5.41) is 0.794. The van der Waals surface area contributed by atoms with E-state index in [4.69, 9.17) is 4.74 Å². The van der Waals surface area contributed by atoms with Crippen molar-refractivity contribution in [2.75, 3.05) is 6.61 Å². The van der Waals surface area contributed by atoms with E-state index in [1.807, 2.05) is 0 Å². The van der Waals surface area contributed by atoms with Crippen LogP contribution in [0.15, 0.2) is 0 Å². The van der Waals surface area contributed by atoms with E-state index in [0.29, 0.717) is 10.9 Å². The average molecular weight is 172 g/mol. The van der Waals surface area contributed by atoms with Crippen LogP contribution >= 0.6 is 11.8 Å². The normalized spacial score (nSPS) is 42.0. The summed E-state index contributed by atoms with van der Waals surface area (Å²) in [6, 6.07) is 0. The van der Waals surface area contributed by atoms with Gasteiger partial charge in [-0.25, -0.2) is 0 Å². The molecule has 2 saturated heterocycles. The summed E-state index contributed by atoms with van der Waals surface area (Å²) in [6.45, 7) is 5.64. The summed E-state index contributed by atoms with van der Waals surface area (Å²) in [7, 11) is 0. The van der Waals surface area contributed by atoms with E-state index in [2.05, 4.69) is 25.6 Å². The summed E-state index contributed by atoms with van der Waals surface area (Å²) in [4.78, 5) is 0. The fourth-order valence-corrected chi connectivity index (χ4v) is 2.93. The largest absolute Gasteiger partial charge is 0.377 e. The molecule has 0 N–H and O–H groups in total. The van der Waals surface area contributed by atoms with Crippen molar-refractivity contribution in [3.8, 4) is 0 Å². The number of hydrogen-bond acceptors (Lipinski definition) is 2. The lowest BCUT2D eigenvalue weighted by Gasteiger charge is -2.22. The number of hydrogen-bond donors (Lipinski definition) is 0. The molecule has 0 spiro atoms. The molecule has 2 aliphatic rings. The quantitative estimate of drug-likeness (QED) is 0.562. The highest BCUT2D eigenvalue weighted by atomic mass is 32.2. The minimum absolute atomic E-state index is 0.516. The number of ether oxygens (including phenoxy) is 1. The molecule has 1 nitrogen and oxygen atoms in total. The summed E-state index contributed by atoms with van der Waals surface area (Å²) < 4.78 is 6.23. The standard InChI is InChI=1S/C9H16OS/c1-9(2)8(11-9)7-5-3-4-6-10-7/h7-8H,3-6H2,1-2H3/t7-,8?/m1/s1. The second-order valence-electron chi connectivity index (χ2n) is 4.05. The molecule has 64 valence electrons. The Labute approximate surface area is 72.9 Å². The van der Waals surface area contributed by atoms with Crippen LogP contribution in [0.3, 0.4) is 0 Å². The van der Waals surface area contributed by atoms with Crippen LogP contribution in [-0.4, -0.2) is 22.7 Å². The van der Waals surface area contributed by atoms with Crippen LogP contribution in [0, 0.1) is 0 Å². The van der Waals surface area contributed by atoms with Crippen molar-refractivity contribution in [2.45, 2.75) is 49.2 Å². The maximum absolute atomic E-state index is 5.72. The predicted molar refractivity (Wildman–Crippen MR) is 49.0 cm³/mol. The van der Waals surface area contributed by atoms with E-state index in [1.54, 1.807) is 0 Å². The van der Waals surface area contributed by atoms with E-state index in [9.17, 15) is 0 Å². The zero-order valence-electron chi connectivity index (χ0n) is 7.30. The van der Waals surface area contributed by atoms with Crippen molar-refractivity contribution in [2.24, 2.45) is 0 Å². The van der Waals surface area contributed by atoms with Gasteiger partial charge in [-0.3, -0.25) is 0 Å². The predicted octanol–water partition coefficient (Wildman–Crippen LogP) is 2.45. The molecule has 0 aromatic heterocycles. The van der Waals surface area contributed by atoms with Gasteiger partial charge in [0, 0.05) is 16.6 Å². The molecule has 1 unspecified atom stereocenters. The minimum Gasteiger partial charge on any atom is -0.377 e. The minimum atomic E-state index is 0.516. The third-order valence-corrected chi connectivity index (χ3v) is 4.37. The molecule has 0 aromatic rings. The Morgan fingerprint density at radius 1 is 1.36 bits per heavy atom. The van der Waals surface area contributed by atoms with E-state index in [1.165, 1.54) is 19.3 Å². The highest BCUT2D eigenvalue weighted by molar-refractivity contribution is 8.08. The Balaban J connectivity index is 1.86. The molecule has 2 fully saturated rings. The Hall–Kier alpha value is 0.310. The third-order valence-electron chi connectivity index (χ3n) is 2.61. The third kappa shape index (κ3) is 1.57. The molecular weight excluding hydrogens is 156 g/mol. The molecule has 11 heavy (non-hydrogen) atoms. The zero-order valence-corrected chi connectivity index (χ0v) is 8.12. The Morgan fingerprint density at radius 2 is 2.09 bits per heavy atom. The van der Waals surface area contributed by atoms with E-state index < -0.39 is 0 Å². The summed E-state index contributed by atoms with van der Waals surface area (Å²) in [6.07, 6.45) is 4.51. The van der Waals surface area contributed by atoms with Crippen LogP contribution in [0.5, 0.6) is 0 Å². The Kier molecular flexibility index (Phi) is 1.92. The van der Waals surface area contributed by atoms with Crippen molar-refractivity contribution >= 4 is 11.8 Å². The molecule has 2 atom stereocenters. The molecule has 2 rings (SSSR count). The van der Waals surface area contributed by atoms with Crippen molar-refractivity contribution in [3.63, 3.8) is 0 Å². The van der Waals surface area contributed by atoms with Crippen LogP contribution in [0.4, 0.5) is 0 Å². The highest BCUT2D eigenvalue weighted by Crippen LogP contribution is 2.56. The van der Waals surface area contributed by atoms with Gasteiger partial charge in [0.05, 0.1) is 6.10 Å². The maximum Gasteiger partial charge on any atom is 0.0707 e. The van der Waals surface area contributed by atoms with Crippen LogP contribution < -0.4 is 0 Å². The SMILES string of the molecule is CC1(C)SC1[C@H]1CCCCO1. The van der Waals surface area contributed by atoms with E-state index >= 15 is 0 Å². The van der Waals surface area contributed by atoms with E-state index in [-0.39, 0.29) is 0 Å². The van der Waals surface area contributed by atoms with Gasteiger partial charge in [-0.1, -0.05) is 0 Å². The fraction of sp³-hybridized carbons (Fsp3) is 1.00. The van der Waals surface area contributed by atoms with Gasteiger partial charge in [-0.15, -0.1) is 11.8 Å². The molecule has 0 aliphatic carbocycles. The van der Waals surface area contributed by atoms with Gasteiger partial charge in [0.1, 0.15) is 0 Å². The molecule has 2 heteroatoms. The van der Waals surface area contributed by atoms with Gasteiger partial charge >= 0.3 is 0 Å². The summed E-state index contributed by atoms with van der Waals surface area (Å²) in [5.74, 6) is 0. The van der Waals surface area contributed by atoms with Crippen molar-refractivity contribution in [1.29, 1.82) is 0 Å². The van der Waals surface area contributed by atoms with Crippen molar-refractivity contribution in [1.82, 2.24) is 0 Å². The molecule has 0 saturated carbocycles. The second-order valence-corrected chi connectivity index (χ2v) is 5.84. The van der Waals surface area contributed by atoms with Gasteiger partial charge in [-0.2, -0.15) is 0 Å². The van der Waals surface area contributed by atoms with Crippen LogP contribution in [-0.2, 0) is 4.74 Å². The monoisotopic (exact) mass is 172 g/mol. The van der Waals surface area contributed by atoms with Gasteiger partial charge in [0.15, 0.2) is 0 Å². The number of thioether (sulfide) groups is 1. The molecule has 2 aliphatic heterocycles. The van der Waals surface area contributed by atoms with Gasteiger partial charge in [-0.05, 0) is 33.1 Å². The zero-order chi connectivity index (χ0) is 7.90. The highest BCUT2D eigenvalue weighted by Gasteiger charge is 2.52. The molecule has 0 amide bonds. The van der Waals surface area contributed by atoms with Crippen LogP contribution in [0.25, 0.3) is 0 Å². The topological polar surface area (TPSA) is 9.23 Å². The van der Waals surface area contributed by atoms with Crippen LogP contribution in [0.2, 0.25) is 0 Å². The Bertz CT molecular complexity index is 150. The van der Waals surface area contributed by atoms with Gasteiger partial charge in [0.2, 0.25) is 0 Å². The number of rotatable bonds is 1. The maximum atomic E-state index is 5.72. The molecule has 2 heterocycles. The first kappa shape index (κ1) is 7.93. The van der Waals surface area contributed by atoms with Gasteiger partial charge in [0.25, 0.3) is 0 Å². The first-order valence-electron chi connectivity index (χ1n) is 4.49. The molecule has 0 radical (unpaired) electrons. The average Bonchev–Trinajstić information content (AvgIpc) is 2.62. The van der Waals surface area contributed by atoms with Crippen molar-refractivity contribution < 1.29 is 4.74 Å². The molecule has 0 bridgehead atoms. The van der Waals surface area contributed by atoms with E-state index in [0.717, 1.165) is 11.9 Å². The second kappa shape index (κ2) is 2.67. The first-order chi connectivity index (χ1) is 5.20. The van der Waals surface area contributed by atoms with Gasteiger partial charge < -0.3 is 4.74 Å². The van der Waals surface area contributed by atoms with Crippen molar-refractivity contribution in [3.05, 3.63) is 0 Å². The lowest BCUT2D eigenvalue weighted by atomic mass is 10.00. The lowest BCUT2D eigenvalue weighted by molar-refractivity contribution is 0.0173. The van der Waals surface area contributed by atoms with Crippen LogP contribution in [0.1, 0.15) is 33.1 Å². The lowest BCUT2D eigenvalue weighted by Crippen LogP contribution is -2.27. The smallest absolute Gasteiger partial charge is 0.0707 e. The molecular formula is C9H16OS. The summed E-state index contributed by atoms with van der Waals surface area (Å²) >= 11 is 2.08. The molecule has 0 aromatic carbocycles. The fourth-order valence-electron chi connectivity index (χ4n) is 1.82.